The summed E-state index contributed by atoms with van der Waals surface area (Å²) in [5, 5.41) is 3.23. The molecule has 296 valence electrons. The van der Waals surface area contributed by atoms with Gasteiger partial charge in [-0.25, -0.2) is 13.1 Å². The molecule has 0 aromatic heterocycles. The van der Waals surface area contributed by atoms with Crippen LogP contribution >= 0.6 is 11.6 Å². The minimum atomic E-state index is -3.97. The second kappa shape index (κ2) is 17.5. The fraction of sp³-hybridized carbons (Fsp3) is 0.619. The largest absolute Gasteiger partial charge is 0.490 e. The van der Waals surface area contributed by atoms with Gasteiger partial charge in [-0.05, 0) is 118 Å². The number of allylic oxidation sites excluding steroid dienone is 1. The standard InChI is InChI=1S/C34H41ClN2O6S.C8H18N2/c1-22-6-4-15-34(20-38,42-3)29-11-8-26(29)18-37-19-33(14-5-7-24-16-27(35)10-12-28(24)33)21-43-31-13-9-25(17-30(31)37)32(39)36-44(40,41)23(22)2;1-2-3-6-10-7-4-9-5-8-10/h4,9-10,12-13,15-17,20,22-23,26,29H,5-8,11,14,18-19,21H2,1-3H3,(H,36,39);9H,2-8H2,1H3/b15-4+;/t22-,23+,26-,29+,33-,34+;/m0./s1. The Balaban J connectivity index is 0.000000432. The van der Waals surface area contributed by atoms with Gasteiger partial charge in [0.1, 0.15) is 11.4 Å². The number of ether oxygens (including phenoxy) is 2. The van der Waals surface area contributed by atoms with Crippen LogP contribution in [0.4, 0.5) is 5.69 Å². The first-order valence-electron chi connectivity index (χ1n) is 19.9. The Labute approximate surface area is 327 Å². The molecule has 6 atom stereocenters. The summed E-state index contributed by atoms with van der Waals surface area (Å²) in [5.74, 6) is -0.203. The predicted molar refractivity (Wildman–Crippen MR) is 215 cm³/mol. The molecule has 5 aliphatic rings. The Morgan fingerprint density at radius 2 is 1.91 bits per heavy atom. The van der Waals surface area contributed by atoms with Crippen LogP contribution in [-0.2, 0) is 31.4 Å². The quantitative estimate of drug-likeness (QED) is 0.272. The third-order valence-corrected chi connectivity index (χ3v) is 14.9. The van der Waals surface area contributed by atoms with E-state index in [1.807, 2.05) is 25.1 Å². The van der Waals surface area contributed by atoms with Gasteiger partial charge in [0, 0.05) is 68.3 Å². The zero-order valence-electron chi connectivity index (χ0n) is 32.4. The Morgan fingerprint density at radius 3 is 2.61 bits per heavy atom. The first-order valence-corrected chi connectivity index (χ1v) is 21.9. The maximum absolute atomic E-state index is 13.4. The van der Waals surface area contributed by atoms with Crippen LogP contribution in [0.15, 0.2) is 48.6 Å². The highest BCUT2D eigenvalue weighted by Gasteiger charge is 2.49. The molecule has 54 heavy (non-hydrogen) atoms. The monoisotopic (exact) mass is 782 g/mol. The van der Waals surface area contributed by atoms with Crippen LogP contribution in [0, 0.1) is 17.8 Å². The van der Waals surface area contributed by atoms with Crippen LogP contribution in [0.25, 0.3) is 0 Å². The van der Waals surface area contributed by atoms with Gasteiger partial charge in [0.15, 0.2) is 6.29 Å². The van der Waals surface area contributed by atoms with E-state index in [9.17, 15) is 18.0 Å². The summed E-state index contributed by atoms with van der Waals surface area (Å²) >= 11 is 6.40. The Kier molecular flexibility index (Phi) is 13.2. The average Bonchev–Trinajstić information content (AvgIpc) is 3.31. The lowest BCUT2D eigenvalue weighted by Gasteiger charge is -2.48. The summed E-state index contributed by atoms with van der Waals surface area (Å²) in [6.45, 7) is 13.6. The number of methoxy groups -OCH3 is 1. The van der Waals surface area contributed by atoms with E-state index < -0.39 is 26.8 Å². The summed E-state index contributed by atoms with van der Waals surface area (Å²) in [6.07, 6.45) is 12.3. The number of rotatable bonds is 5. The number of carbonyl (C=O) groups excluding carboxylic acids is 2. The Morgan fingerprint density at radius 1 is 1.11 bits per heavy atom. The molecule has 1 saturated carbocycles. The van der Waals surface area contributed by atoms with E-state index >= 15 is 0 Å². The van der Waals surface area contributed by atoms with E-state index in [2.05, 4.69) is 38.9 Å². The van der Waals surface area contributed by atoms with Crippen molar-refractivity contribution in [1.82, 2.24) is 14.9 Å². The van der Waals surface area contributed by atoms with Gasteiger partial charge in [0.2, 0.25) is 10.0 Å². The molecule has 0 unspecified atom stereocenters. The molecular weight excluding hydrogens is 724 g/mol. The number of anilines is 1. The molecule has 1 spiro atoms. The fourth-order valence-electron chi connectivity index (χ4n) is 9.00. The van der Waals surface area contributed by atoms with Crippen molar-refractivity contribution in [2.24, 2.45) is 17.8 Å². The number of fused-ring (bicyclic) bond motifs is 4. The highest BCUT2D eigenvalue weighted by Crippen LogP contribution is 2.48. The van der Waals surface area contributed by atoms with E-state index in [0.29, 0.717) is 36.9 Å². The van der Waals surface area contributed by atoms with Gasteiger partial charge in [0.25, 0.3) is 5.91 Å². The van der Waals surface area contributed by atoms with Crippen molar-refractivity contribution >= 4 is 39.5 Å². The summed E-state index contributed by atoms with van der Waals surface area (Å²) in [5.41, 5.74) is 2.05. The number of benzene rings is 2. The molecule has 0 radical (unpaired) electrons. The third kappa shape index (κ3) is 8.70. The van der Waals surface area contributed by atoms with Crippen LogP contribution in [0.2, 0.25) is 5.02 Å². The molecule has 1 saturated heterocycles. The molecule has 3 aliphatic heterocycles. The Bertz CT molecular complexity index is 1780. The van der Waals surface area contributed by atoms with E-state index in [0.717, 1.165) is 44.1 Å². The van der Waals surface area contributed by atoms with E-state index in [1.165, 1.54) is 56.7 Å². The lowest BCUT2D eigenvalue weighted by Crippen LogP contribution is -2.53. The number of piperazine rings is 1. The first-order chi connectivity index (χ1) is 25.9. The normalized spacial score (nSPS) is 31.6. The number of unbranched alkanes of at least 4 members (excludes halogenated alkanes) is 1. The lowest BCUT2D eigenvalue weighted by atomic mass is 9.64. The van der Waals surface area contributed by atoms with Crippen LogP contribution in [-0.4, -0.2) is 95.9 Å². The number of halogens is 1. The molecular formula is C42H59ClN4O6S. The van der Waals surface area contributed by atoms with Crippen LogP contribution in [0.1, 0.15) is 87.2 Å². The number of amides is 1. The number of hydrogen-bond acceptors (Lipinski definition) is 9. The van der Waals surface area contributed by atoms with Crippen LogP contribution in [0.3, 0.4) is 0 Å². The smallest absolute Gasteiger partial charge is 0.264 e. The molecule has 2 aliphatic carbocycles. The Hall–Kier alpha value is -2.96. The molecule has 1 amide bonds. The zero-order valence-corrected chi connectivity index (χ0v) is 34.0. The van der Waals surface area contributed by atoms with Gasteiger partial charge in [-0.15, -0.1) is 0 Å². The number of aldehydes is 1. The van der Waals surface area contributed by atoms with Gasteiger partial charge in [-0.3, -0.25) is 9.59 Å². The minimum absolute atomic E-state index is 0.0434. The summed E-state index contributed by atoms with van der Waals surface area (Å²) < 4.78 is 41.3. The van der Waals surface area contributed by atoms with Gasteiger partial charge in [-0.1, -0.05) is 44.0 Å². The highest BCUT2D eigenvalue weighted by molar-refractivity contribution is 7.90. The van der Waals surface area contributed by atoms with Crippen molar-refractivity contribution in [2.75, 3.05) is 64.4 Å². The molecule has 2 aromatic carbocycles. The van der Waals surface area contributed by atoms with Crippen LogP contribution < -0.4 is 19.7 Å². The van der Waals surface area contributed by atoms with Crippen molar-refractivity contribution in [1.29, 1.82) is 0 Å². The maximum atomic E-state index is 13.4. The van der Waals surface area contributed by atoms with Crippen LogP contribution in [0.5, 0.6) is 5.75 Å². The van der Waals surface area contributed by atoms with Gasteiger partial charge < -0.3 is 24.6 Å². The average molecular weight is 783 g/mol. The van der Waals surface area contributed by atoms with Gasteiger partial charge >= 0.3 is 0 Å². The van der Waals surface area contributed by atoms with Crippen molar-refractivity contribution in [3.8, 4) is 5.75 Å². The summed E-state index contributed by atoms with van der Waals surface area (Å²) in [6, 6.07) is 11.3. The molecule has 2 fully saturated rings. The van der Waals surface area contributed by atoms with Gasteiger partial charge in [0.05, 0.1) is 17.5 Å². The number of carbonyl (C=O) groups is 2. The van der Waals surface area contributed by atoms with Crippen molar-refractivity contribution in [3.05, 3.63) is 70.3 Å². The lowest BCUT2D eigenvalue weighted by molar-refractivity contribution is -0.135. The third-order valence-electron chi connectivity index (χ3n) is 12.7. The molecule has 7 rings (SSSR count). The van der Waals surface area contributed by atoms with E-state index in [1.54, 1.807) is 32.2 Å². The highest BCUT2D eigenvalue weighted by atomic mass is 35.5. The predicted octanol–water partition coefficient (Wildman–Crippen LogP) is 6.16. The molecule has 2 aromatic rings. The van der Waals surface area contributed by atoms with Gasteiger partial charge in [-0.2, -0.15) is 0 Å². The molecule has 2 bridgehead atoms. The second-order valence-corrected chi connectivity index (χ2v) is 18.6. The first kappa shape index (κ1) is 40.7. The summed E-state index contributed by atoms with van der Waals surface area (Å²) in [7, 11) is -2.41. The molecule has 3 heterocycles. The number of nitrogens with zero attached hydrogens (tertiary/aromatic N) is 2. The molecule has 10 nitrogen and oxygen atoms in total. The number of hydrogen-bond donors (Lipinski definition) is 2. The number of aryl methyl sites for hydroxylation is 1. The van der Waals surface area contributed by atoms with E-state index in [4.69, 9.17) is 21.1 Å². The van der Waals surface area contributed by atoms with Crippen molar-refractivity contribution in [2.45, 2.75) is 88.4 Å². The summed E-state index contributed by atoms with van der Waals surface area (Å²) in [4.78, 5) is 30.9. The zero-order chi connectivity index (χ0) is 38.5. The second-order valence-electron chi connectivity index (χ2n) is 16.1. The topological polar surface area (TPSA) is 117 Å². The SMILES string of the molecule is CCCCN1CCNCC1.CO[C@@]1(C=O)/C=C/C[C@H](C)[C@@H](C)S(=O)(=O)NC(=O)c2ccc3c(c2)N(C[C@@H]2CC[C@H]21)C[C@@]1(CCCc2cc(Cl)ccc21)CO3. The minimum Gasteiger partial charge on any atom is -0.490 e. The van der Waals surface area contributed by atoms with E-state index in [-0.39, 0.29) is 28.7 Å². The van der Waals surface area contributed by atoms with Crippen molar-refractivity contribution in [3.63, 3.8) is 0 Å². The number of nitrogens with one attached hydrogen (secondary N) is 2. The fourth-order valence-corrected chi connectivity index (χ4v) is 10.5. The maximum Gasteiger partial charge on any atom is 0.264 e. The number of sulfonamides is 1. The van der Waals surface area contributed by atoms with Crippen molar-refractivity contribution < 1.29 is 27.5 Å². The molecule has 12 heteroatoms. The molecule has 2 N–H and O–H groups in total.